The minimum atomic E-state index is -1.35. The normalized spacial score (nSPS) is 9.20. The van der Waals surface area contributed by atoms with Crippen molar-refractivity contribution in [1.29, 1.82) is 0 Å². The maximum absolute atomic E-state index is 11.8. The summed E-state index contributed by atoms with van der Waals surface area (Å²) in [6.45, 7) is -0.0375. The minimum absolute atomic E-state index is 0. The Morgan fingerprint density at radius 2 is 1.47 bits per heavy atom. The van der Waals surface area contributed by atoms with Crippen molar-refractivity contribution in [2.45, 2.75) is 6.42 Å². The maximum Gasteiger partial charge on any atom is 1.00 e. The van der Waals surface area contributed by atoms with Gasteiger partial charge in [-0.1, -0.05) is 11.8 Å². The molecule has 2 aromatic rings. The molecule has 0 aliphatic heterocycles. The van der Waals surface area contributed by atoms with E-state index in [0.29, 0.717) is 11.3 Å². The Labute approximate surface area is 215 Å². The molecule has 0 bridgehead atoms. The molecule has 2 aromatic carbocycles. The van der Waals surface area contributed by atoms with E-state index in [1.54, 1.807) is 0 Å². The van der Waals surface area contributed by atoms with Crippen LogP contribution < -0.4 is 74.6 Å². The first-order valence-corrected chi connectivity index (χ1v) is 7.41. The summed E-state index contributed by atoms with van der Waals surface area (Å²) in [5, 5.41) is 40.8. The third kappa shape index (κ3) is 10.3. The monoisotopic (exact) mass is 437 g/mol. The van der Waals surface area contributed by atoms with Crippen molar-refractivity contribution in [2.24, 2.45) is 10.2 Å². The number of azo groups is 1. The molecular weight excluding hydrogens is 420 g/mol. The molecule has 0 atom stereocenters. The topological polar surface area (TPSA) is 217 Å². The third-order valence-electron chi connectivity index (χ3n) is 3.22. The molecule has 0 heterocycles. The molecule has 11 nitrogen and oxygen atoms in total. The van der Waals surface area contributed by atoms with Gasteiger partial charge in [0, 0.05) is 24.5 Å². The zero-order valence-corrected chi connectivity index (χ0v) is 20.3. The van der Waals surface area contributed by atoms with Gasteiger partial charge in [-0.15, -0.1) is 0 Å². The summed E-state index contributed by atoms with van der Waals surface area (Å²) in [5.41, 5.74) is 0.515. The summed E-state index contributed by atoms with van der Waals surface area (Å²) < 4.78 is 0. The number of carbonyl (C=O) groups is 3. The van der Waals surface area contributed by atoms with Crippen molar-refractivity contribution < 1.29 is 99.8 Å². The molecule has 150 valence electrons. The van der Waals surface area contributed by atoms with Gasteiger partial charge >= 0.3 is 65.1 Å². The van der Waals surface area contributed by atoms with Crippen molar-refractivity contribution >= 4 is 29.2 Å². The van der Waals surface area contributed by atoms with Gasteiger partial charge in [0.25, 0.3) is 5.91 Å². The van der Waals surface area contributed by atoms with Gasteiger partial charge in [-0.25, -0.2) is 4.79 Å². The molecule has 0 saturated heterocycles. The minimum Gasteiger partial charge on any atom is -0.872 e. The Balaban J connectivity index is -0.00000182. The molecular formula is C17H17N3Na2O8. The van der Waals surface area contributed by atoms with Crippen LogP contribution in [0.4, 0.5) is 11.4 Å². The average molecular weight is 437 g/mol. The van der Waals surface area contributed by atoms with E-state index in [1.165, 1.54) is 30.3 Å². The van der Waals surface area contributed by atoms with Crippen LogP contribution in [0.1, 0.15) is 27.1 Å². The second kappa shape index (κ2) is 15.9. The second-order valence-corrected chi connectivity index (χ2v) is 5.11. The molecule has 0 aliphatic rings. The molecule has 0 aromatic heterocycles. The van der Waals surface area contributed by atoms with Crippen LogP contribution >= 0.6 is 0 Å². The first-order valence-electron chi connectivity index (χ1n) is 7.41. The van der Waals surface area contributed by atoms with E-state index in [1.807, 2.05) is 0 Å². The van der Waals surface area contributed by atoms with Crippen LogP contribution in [0.15, 0.2) is 52.7 Å². The SMILES string of the molecule is O.O.O=C([O-])CCNC(=O)c1ccc(N=Nc2ccc([O-])c(C(=O)O)c2)cc1.[Na+].[Na+]. The number of benzene rings is 2. The Hall–Kier alpha value is -1.83. The van der Waals surface area contributed by atoms with Gasteiger partial charge < -0.3 is 36.4 Å². The number of nitrogens with zero attached hydrogens (tertiary/aromatic N) is 2. The number of carboxylic acid groups (broad SMARTS) is 2. The summed E-state index contributed by atoms with van der Waals surface area (Å²) in [6, 6.07) is 9.54. The van der Waals surface area contributed by atoms with Crippen LogP contribution in [0.3, 0.4) is 0 Å². The van der Waals surface area contributed by atoms with E-state index in [9.17, 15) is 24.6 Å². The summed E-state index contributed by atoms with van der Waals surface area (Å²) in [5.74, 6) is -3.66. The van der Waals surface area contributed by atoms with E-state index >= 15 is 0 Å². The predicted octanol–water partition coefficient (Wildman–Crippen LogP) is -6.90. The number of carbonyl (C=O) groups excluding carboxylic acids is 2. The van der Waals surface area contributed by atoms with Crippen LogP contribution in [0.5, 0.6) is 5.75 Å². The van der Waals surface area contributed by atoms with Gasteiger partial charge in [0.2, 0.25) is 0 Å². The number of carboxylic acids is 2. The van der Waals surface area contributed by atoms with E-state index < -0.39 is 29.2 Å². The van der Waals surface area contributed by atoms with Gasteiger partial charge in [-0.2, -0.15) is 10.2 Å². The Morgan fingerprint density at radius 1 is 0.933 bits per heavy atom. The first kappa shape index (κ1) is 32.8. The number of aromatic carboxylic acids is 1. The number of hydrogen-bond donors (Lipinski definition) is 2. The van der Waals surface area contributed by atoms with Crippen molar-refractivity contribution in [3.8, 4) is 5.75 Å². The summed E-state index contributed by atoms with van der Waals surface area (Å²) >= 11 is 0. The molecule has 0 fully saturated rings. The molecule has 0 unspecified atom stereocenters. The molecule has 13 heteroatoms. The quantitative estimate of drug-likeness (QED) is 0.316. The van der Waals surface area contributed by atoms with Crippen molar-refractivity contribution in [3.05, 3.63) is 53.6 Å². The zero-order chi connectivity index (χ0) is 19.1. The van der Waals surface area contributed by atoms with Crippen LogP contribution in [0.25, 0.3) is 0 Å². The largest absolute Gasteiger partial charge is 1.00 e. The average Bonchev–Trinajstić information content (AvgIpc) is 2.60. The van der Waals surface area contributed by atoms with Gasteiger partial charge in [0.05, 0.1) is 16.9 Å². The summed E-state index contributed by atoms with van der Waals surface area (Å²) in [4.78, 5) is 33.0. The van der Waals surface area contributed by atoms with Crippen LogP contribution in [-0.2, 0) is 4.79 Å². The fraction of sp³-hybridized carbons (Fsp3) is 0.118. The third-order valence-corrected chi connectivity index (χ3v) is 3.22. The van der Waals surface area contributed by atoms with E-state index in [-0.39, 0.29) is 88.7 Å². The standard InChI is InChI=1S/C17H15N3O6.2Na.2H2O/c21-14-6-5-12(9-13(14)17(25)26)20-19-11-3-1-10(2-4-11)16(24)18-8-7-15(22)23;;;;/h1-6,9,21H,7-8H2,(H,18,24)(H,22,23)(H,25,26);;;2*1H2/q;2*+1;;/p-2. The van der Waals surface area contributed by atoms with Crippen molar-refractivity contribution in [3.63, 3.8) is 0 Å². The summed E-state index contributed by atoms with van der Waals surface area (Å²) in [6.07, 6.45) is -0.279. The maximum atomic E-state index is 11.8. The van der Waals surface area contributed by atoms with Gasteiger partial charge in [0.1, 0.15) is 0 Å². The molecule has 1 amide bonds. The Bertz CT molecular complexity index is 876. The molecule has 2 rings (SSSR count). The molecule has 6 N–H and O–H groups in total. The molecule has 0 radical (unpaired) electrons. The molecule has 0 aliphatic carbocycles. The molecule has 30 heavy (non-hydrogen) atoms. The smallest absolute Gasteiger partial charge is 0.872 e. The molecule has 0 saturated carbocycles. The van der Waals surface area contributed by atoms with Gasteiger partial charge in [-0.05, 0) is 36.4 Å². The number of hydrogen-bond acceptors (Lipinski definition) is 7. The Morgan fingerprint density at radius 3 is 2.00 bits per heavy atom. The first-order chi connectivity index (χ1) is 12.4. The van der Waals surface area contributed by atoms with Crippen LogP contribution in [0, 0.1) is 0 Å². The fourth-order valence-electron chi connectivity index (χ4n) is 1.92. The Kier molecular flexibility index (Phi) is 17.4. The van der Waals surface area contributed by atoms with Crippen molar-refractivity contribution in [1.82, 2.24) is 5.32 Å². The summed E-state index contributed by atoms with van der Waals surface area (Å²) in [7, 11) is 0. The molecule has 0 spiro atoms. The van der Waals surface area contributed by atoms with Gasteiger partial charge in [0.15, 0.2) is 0 Å². The zero-order valence-electron chi connectivity index (χ0n) is 16.3. The van der Waals surface area contributed by atoms with E-state index in [2.05, 4.69) is 15.5 Å². The van der Waals surface area contributed by atoms with Gasteiger partial charge in [-0.3, -0.25) is 4.79 Å². The number of rotatable bonds is 7. The number of nitrogens with one attached hydrogen (secondary N) is 1. The van der Waals surface area contributed by atoms with E-state index in [4.69, 9.17) is 5.11 Å². The number of amides is 1. The number of aliphatic carboxylic acids is 1. The predicted molar refractivity (Wildman–Crippen MR) is 92.7 cm³/mol. The van der Waals surface area contributed by atoms with Crippen molar-refractivity contribution in [2.75, 3.05) is 6.54 Å². The van der Waals surface area contributed by atoms with E-state index in [0.717, 1.165) is 12.1 Å². The fourth-order valence-corrected chi connectivity index (χ4v) is 1.92. The van der Waals surface area contributed by atoms with Crippen LogP contribution in [-0.4, -0.2) is 40.4 Å². The van der Waals surface area contributed by atoms with Crippen LogP contribution in [0.2, 0.25) is 0 Å². The second-order valence-electron chi connectivity index (χ2n) is 5.11.